The minimum atomic E-state index is -0.649. The van der Waals surface area contributed by atoms with E-state index < -0.39 is 11.6 Å². The highest BCUT2D eigenvalue weighted by Gasteiger charge is 2.37. The van der Waals surface area contributed by atoms with Crippen LogP contribution in [0.4, 0.5) is 5.69 Å². The summed E-state index contributed by atoms with van der Waals surface area (Å²) < 4.78 is 12.2. The van der Waals surface area contributed by atoms with Crippen LogP contribution >= 0.6 is 15.9 Å². The number of amides is 2. The van der Waals surface area contributed by atoms with E-state index in [2.05, 4.69) is 26.6 Å². The van der Waals surface area contributed by atoms with E-state index in [0.29, 0.717) is 43.1 Å². The lowest BCUT2D eigenvalue weighted by Gasteiger charge is -2.39. The molecule has 1 unspecified atom stereocenters. The van der Waals surface area contributed by atoms with Crippen LogP contribution < -0.4 is 15.4 Å². The number of hydrogen-bond acceptors (Lipinski definition) is 4. The van der Waals surface area contributed by atoms with Crippen molar-refractivity contribution in [2.45, 2.75) is 31.4 Å². The van der Waals surface area contributed by atoms with Gasteiger partial charge in [0.1, 0.15) is 0 Å². The van der Waals surface area contributed by atoms with Crippen LogP contribution in [-0.4, -0.2) is 31.1 Å². The van der Waals surface area contributed by atoms with E-state index in [1.54, 1.807) is 25.1 Å². The molecule has 2 N–H and O–H groups in total. The zero-order valence-corrected chi connectivity index (χ0v) is 17.0. The molecule has 2 aromatic rings. The van der Waals surface area contributed by atoms with Gasteiger partial charge in [-0.3, -0.25) is 9.59 Å². The molecule has 0 bridgehead atoms. The molecular weight excluding hydrogens is 424 g/mol. The Morgan fingerprint density at radius 2 is 1.96 bits per heavy atom. The quantitative estimate of drug-likeness (QED) is 0.757. The molecule has 2 amide bonds. The largest absolute Gasteiger partial charge is 0.478 e. The maximum Gasteiger partial charge on any atom is 0.265 e. The van der Waals surface area contributed by atoms with Crippen molar-refractivity contribution in [3.05, 3.63) is 58.1 Å². The third kappa shape index (κ3) is 3.52. The molecule has 0 aliphatic carbocycles. The van der Waals surface area contributed by atoms with Gasteiger partial charge in [-0.25, -0.2) is 0 Å². The van der Waals surface area contributed by atoms with Crippen LogP contribution in [0.2, 0.25) is 0 Å². The topological polar surface area (TPSA) is 76.7 Å². The van der Waals surface area contributed by atoms with Crippen LogP contribution in [0.1, 0.15) is 35.7 Å². The molecule has 0 spiro atoms. The maximum absolute atomic E-state index is 13.3. The second kappa shape index (κ2) is 7.56. The molecule has 1 fully saturated rings. The van der Waals surface area contributed by atoms with Crippen LogP contribution in [0.25, 0.3) is 0 Å². The monoisotopic (exact) mass is 444 g/mol. The van der Waals surface area contributed by atoms with Crippen molar-refractivity contribution in [3.8, 4) is 5.75 Å². The van der Waals surface area contributed by atoms with Crippen LogP contribution in [-0.2, 0) is 15.1 Å². The number of hydrogen-bond donors (Lipinski definition) is 2. The highest BCUT2D eigenvalue weighted by molar-refractivity contribution is 9.10. The van der Waals surface area contributed by atoms with Crippen molar-refractivity contribution in [2.24, 2.45) is 0 Å². The molecule has 1 atom stereocenters. The number of fused-ring (bicyclic) bond motifs is 1. The average molecular weight is 445 g/mol. The van der Waals surface area contributed by atoms with E-state index in [0.717, 1.165) is 10.0 Å². The summed E-state index contributed by atoms with van der Waals surface area (Å²) in [7, 11) is 0. The molecule has 146 valence electrons. The number of nitrogens with one attached hydrogen (secondary N) is 2. The highest BCUT2D eigenvalue weighted by atomic mass is 79.9. The minimum absolute atomic E-state index is 0.222. The molecule has 0 saturated carbocycles. The third-order valence-corrected chi connectivity index (χ3v) is 5.75. The fourth-order valence-electron chi connectivity index (χ4n) is 3.68. The van der Waals surface area contributed by atoms with Gasteiger partial charge >= 0.3 is 0 Å². The van der Waals surface area contributed by atoms with E-state index in [-0.39, 0.29) is 11.8 Å². The van der Waals surface area contributed by atoms with E-state index in [4.69, 9.17) is 9.47 Å². The molecule has 2 aliphatic rings. The van der Waals surface area contributed by atoms with Crippen LogP contribution in [0.5, 0.6) is 5.75 Å². The molecule has 4 rings (SSSR count). The second-order valence-electron chi connectivity index (χ2n) is 7.09. The molecule has 2 aliphatic heterocycles. The Labute approximate surface area is 171 Å². The van der Waals surface area contributed by atoms with Gasteiger partial charge in [-0.15, -0.1) is 0 Å². The fraction of sp³-hybridized carbons (Fsp3) is 0.333. The maximum atomic E-state index is 13.3. The standard InChI is InChI=1S/C21H21BrN2O4/c1-13-19(25)23-17-7-3-6-16(18(17)28-13)20(26)24-21(8-10-27-11-9-21)14-4-2-5-15(22)12-14/h2-7,12-13H,8-11H2,1H3,(H,23,25)(H,24,26). The number of anilines is 1. The van der Waals surface area contributed by atoms with Crippen LogP contribution in [0, 0.1) is 0 Å². The lowest BCUT2D eigenvalue weighted by molar-refractivity contribution is -0.122. The predicted molar refractivity (Wildman–Crippen MR) is 109 cm³/mol. The Kier molecular flexibility index (Phi) is 5.12. The van der Waals surface area contributed by atoms with Crippen LogP contribution in [0.15, 0.2) is 46.9 Å². The first-order valence-electron chi connectivity index (χ1n) is 9.25. The highest BCUT2D eigenvalue weighted by Crippen LogP contribution is 2.37. The molecular formula is C21H21BrN2O4. The van der Waals surface area contributed by atoms with E-state index in [1.807, 2.05) is 24.3 Å². The lowest BCUT2D eigenvalue weighted by Crippen LogP contribution is -2.49. The summed E-state index contributed by atoms with van der Waals surface area (Å²) in [5.41, 5.74) is 1.43. The second-order valence-corrected chi connectivity index (χ2v) is 8.01. The SMILES string of the molecule is CC1Oc2c(cccc2C(=O)NC2(c3cccc(Br)c3)CCOCC2)NC1=O. The smallest absolute Gasteiger partial charge is 0.265 e. The average Bonchev–Trinajstić information content (AvgIpc) is 2.69. The zero-order chi connectivity index (χ0) is 19.7. The van der Waals surface area contributed by atoms with Crippen molar-refractivity contribution in [1.29, 1.82) is 0 Å². The normalized spacial score (nSPS) is 20.5. The number of carbonyl (C=O) groups is 2. The van der Waals surface area contributed by atoms with Crippen molar-refractivity contribution < 1.29 is 19.1 Å². The summed E-state index contributed by atoms with van der Waals surface area (Å²) in [6.07, 6.45) is 0.708. The molecule has 2 aromatic carbocycles. The fourth-order valence-corrected chi connectivity index (χ4v) is 4.08. The first-order valence-corrected chi connectivity index (χ1v) is 10.0. The molecule has 6 nitrogen and oxygen atoms in total. The summed E-state index contributed by atoms with van der Waals surface area (Å²) in [5.74, 6) is -0.0503. The summed E-state index contributed by atoms with van der Waals surface area (Å²) in [6.45, 7) is 2.81. The predicted octanol–water partition coefficient (Wildman–Crippen LogP) is 3.60. The van der Waals surface area contributed by atoms with Crippen LogP contribution in [0.3, 0.4) is 0 Å². The zero-order valence-electron chi connectivity index (χ0n) is 15.5. The van der Waals surface area contributed by atoms with Crippen molar-refractivity contribution in [1.82, 2.24) is 5.32 Å². The Morgan fingerprint density at radius 3 is 2.71 bits per heavy atom. The van der Waals surface area contributed by atoms with Gasteiger partial charge in [-0.1, -0.05) is 34.1 Å². The lowest BCUT2D eigenvalue weighted by atomic mass is 9.82. The van der Waals surface area contributed by atoms with Gasteiger partial charge in [0.05, 0.1) is 16.8 Å². The summed E-state index contributed by atoms with van der Waals surface area (Å²) >= 11 is 3.52. The molecule has 28 heavy (non-hydrogen) atoms. The van der Waals surface area contributed by atoms with Gasteiger partial charge < -0.3 is 20.1 Å². The van der Waals surface area contributed by atoms with Crippen molar-refractivity contribution >= 4 is 33.4 Å². The number of benzene rings is 2. The van der Waals surface area contributed by atoms with Crippen molar-refractivity contribution in [3.63, 3.8) is 0 Å². The van der Waals surface area contributed by atoms with E-state index in [9.17, 15) is 9.59 Å². The summed E-state index contributed by atoms with van der Waals surface area (Å²) in [4.78, 5) is 25.1. The number of para-hydroxylation sites is 1. The third-order valence-electron chi connectivity index (χ3n) is 5.26. The Morgan fingerprint density at radius 1 is 1.21 bits per heavy atom. The van der Waals surface area contributed by atoms with Crippen molar-refractivity contribution in [2.75, 3.05) is 18.5 Å². The molecule has 2 heterocycles. The first-order chi connectivity index (χ1) is 13.5. The minimum Gasteiger partial charge on any atom is -0.478 e. The first kappa shape index (κ1) is 19.0. The van der Waals surface area contributed by atoms with Gasteiger partial charge in [-0.05, 0) is 49.6 Å². The van der Waals surface area contributed by atoms with Gasteiger partial charge in [0.25, 0.3) is 11.8 Å². The Bertz CT molecular complexity index is 924. The number of halogens is 1. The molecule has 0 radical (unpaired) electrons. The van der Waals surface area contributed by atoms with Gasteiger partial charge in [0, 0.05) is 17.7 Å². The van der Waals surface area contributed by atoms with Gasteiger partial charge in [-0.2, -0.15) is 0 Å². The summed E-state index contributed by atoms with van der Waals surface area (Å²) in [5, 5.41) is 6.02. The number of rotatable bonds is 3. The summed E-state index contributed by atoms with van der Waals surface area (Å²) in [6, 6.07) is 13.2. The van der Waals surface area contributed by atoms with Gasteiger partial charge in [0.15, 0.2) is 11.9 Å². The molecule has 0 aromatic heterocycles. The Balaban J connectivity index is 1.68. The number of carbonyl (C=O) groups excluding carboxylic acids is 2. The molecule has 1 saturated heterocycles. The van der Waals surface area contributed by atoms with E-state index >= 15 is 0 Å². The van der Waals surface area contributed by atoms with E-state index in [1.165, 1.54) is 0 Å². The molecule has 7 heteroatoms. The van der Waals surface area contributed by atoms with Gasteiger partial charge in [0.2, 0.25) is 0 Å². The number of ether oxygens (including phenoxy) is 2. The Hall–Kier alpha value is -2.38.